The van der Waals surface area contributed by atoms with Gasteiger partial charge in [0.2, 0.25) is 0 Å². The molecule has 0 N–H and O–H groups in total. The van der Waals surface area contributed by atoms with Gasteiger partial charge in [0.15, 0.2) is 0 Å². The summed E-state index contributed by atoms with van der Waals surface area (Å²) in [6, 6.07) is 14.4. The molecule has 4 aromatic rings. The summed E-state index contributed by atoms with van der Waals surface area (Å²) in [6.45, 7) is 1.90. The van der Waals surface area contributed by atoms with E-state index in [0.717, 1.165) is 12.0 Å². The Morgan fingerprint density at radius 3 is 2.53 bits per heavy atom. The van der Waals surface area contributed by atoms with Crippen molar-refractivity contribution in [2.75, 3.05) is 13.7 Å². The molecule has 10 nitrogen and oxygen atoms in total. The predicted octanol–water partition coefficient (Wildman–Crippen LogP) is 5.05. The molecular weight excluding hydrogens is 464 g/mol. The number of rotatable bonds is 8. The maximum absolute atomic E-state index is 12.9. The van der Waals surface area contributed by atoms with Crippen LogP contribution in [-0.4, -0.2) is 39.1 Å². The molecule has 0 saturated carbocycles. The van der Waals surface area contributed by atoms with Crippen molar-refractivity contribution in [1.29, 1.82) is 0 Å². The summed E-state index contributed by atoms with van der Waals surface area (Å²) in [7, 11) is 1.26. The minimum atomic E-state index is -0.686. The third-order valence-corrected chi connectivity index (χ3v) is 5.26. The first kappa shape index (κ1) is 23.0. The van der Waals surface area contributed by atoms with Gasteiger partial charge in [-0.1, -0.05) is 18.2 Å². The van der Waals surface area contributed by atoms with Gasteiger partial charge in [-0.05, 0) is 37.3 Å². The fourth-order valence-corrected chi connectivity index (χ4v) is 3.91. The Balaban J connectivity index is 1.91. The van der Waals surface area contributed by atoms with Crippen LogP contribution in [-0.2, 0) is 10.6 Å². The van der Waals surface area contributed by atoms with E-state index in [2.05, 4.69) is 9.97 Å². The molecule has 0 atom stereocenters. The Hall–Kier alpha value is -4.18. The number of esters is 1. The number of methoxy groups -OCH3 is 1. The molecule has 0 aliphatic rings. The molecule has 11 heteroatoms. The smallest absolute Gasteiger partial charge is 0.392 e. The standard InChI is InChI=1S/C23H19ClN4O6/c1-3-33-23(29)19-16-11-15(34-22-20(28(30)31)21(32-2)25-13-26-22)9-10-17(16)27(18(19)12-24)14-7-5-4-6-8-14/h4-11,13H,3,12H2,1-2H3. The Morgan fingerprint density at radius 2 is 1.88 bits per heavy atom. The highest BCUT2D eigenvalue weighted by molar-refractivity contribution is 6.19. The number of nitrogens with zero attached hydrogens (tertiary/aromatic N) is 4. The van der Waals surface area contributed by atoms with Gasteiger partial charge in [0.1, 0.15) is 12.1 Å². The number of fused-ring (bicyclic) bond motifs is 1. The van der Waals surface area contributed by atoms with Crippen LogP contribution in [0.15, 0.2) is 54.9 Å². The van der Waals surface area contributed by atoms with Crippen LogP contribution in [0, 0.1) is 10.1 Å². The summed E-state index contributed by atoms with van der Waals surface area (Å²) < 4.78 is 17.9. The van der Waals surface area contributed by atoms with E-state index in [1.54, 1.807) is 25.1 Å². The first-order chi connectivity index (χ1) is 16.5. The number of halogens is 1. The summed E-state index contributed by atoms with van der Waals surface area (Å²) >= 11 is 6.30. The van der Waals surface area contributed by atoms with E-state index < -0.39 is 16.6 Å². The first-order valence-corrected chi connectivity index (χ1v) is 10.7. The van der Waals surface area contributed by atoms with Gasteiger partial charge in [0.05, 0.1) is 41.3 Å². The number of hydrogen-bond acceptors (Lipinski definition) is 8. The third kappa shape index (κ3) is 4.11. The number of para-hydroxylation sites is 1. The van der Waals surface area contributed by atoms with Crippen LogP contribution in [0.1, 0.15) is 23.0 Å². The molecule has 0 saturated heterocycles. The molecule has 34 heavy (non-hydrogen) atoms. The highest BCUT2D eigenvalue weighted by Crippen LogP contribution is 2.38. The van der Waals surface area contributed by atoms with Crippen molar-refractivity contribution < 1.29 is 23.9 Å². The number of carbonyl (C=O) groups excluding carboxylic acids is 1. The van der Waals surface area contributed by atoms with Gasteiger partial charge >= 0.3 is 23.4 Å². The number of alkyl halides is 1. The Labute approximate surface area is 198 Å². The minimum Gasteiger partial charge on any atom is -0.476 e. The van der Waals surface area contributed by atoms with Crippen LogP contribution < -0.4 is 9.47 Å². The molecule has 0 radical (unpaired) electrons. The van der Waals surface area contributed by atoms with Gasteiger partial charge < -0.3 is 18.8 Å². The van der Waals surface area contributed by atoms with E-state index in [1.807, 2.05) is 34.9 Å². The number of aromatic nitrogens is 3. The maximum Gasteiger partial charge on any atom is 0.392 e. The van der Waals surface area contributed by atoms with Crippen LogP contribution in [0.3, 0.4) is 0 Å². The molecule has 0 unspecified atom stereocenters. The van der Waals surface area contributed by atoms with Crippen LogP contribution >= 0.6 is 11.6 Å². The number of hydrogen-bond donors (Lipinski definition) is 0. The third-order valence-electron chi connectivity index (χ3n) is 5.00. The molecule has 0 amide bonds. The fraction of sp³-hybridized carbons (Fsp3) is 0.174. The fourth-order valence-electron chi connectivity index (χ4n) is 3.66. The quantitative estimate of drug-likeness (QED) is 0.148. The zero-order valence-corrected chi connectivity index (χ0v) is 19.0. The van der Waals surface area contributed by atoms with E-state index in [0.29, 0.717) is 16.6 Å². The maximum atomic E-state index is 12.9. The van der Waals surface area contributed by atoms with Gasteiger partial charge in [0.25, 0.3) is 0 Å². The van der Waals surface area contributed by atoms with Crippen molar-refractivity contribution >= 4 is 34.2 Å². The molecule has 0 bridgehead atoms. The van der Waals surface area contributed by atoms with Crippen molar-refractivity contribution in [1.82, 2.24) is 14.5 Å². The summed E-state index contributed by atoms with van der Waals surface area (Å²) in [5, 5.41) is 12.1. The lowest BCUT2D eigenvalue weighted by Crippen LogP contribution is -2.08. The highest BCUT2D eigenvalue weighted by atomic mass is 35.5. The van der Waals surface area contributed by atoms with Gasteiger partial charge in [0, 0.05) is 11.1 Å². The number of ether oxygens (including phenoxy) is 3. The molecule has 0 fully saturated rings. The van der Waals surface area contributed by atoms with Crippen LogP contribution in [0.25, 0.3) is 16.6 Å². The Morgan fingerprint density at radius 1 is 1.15 bits per heavy atom. The Kier molecular flexibility index (Phi) is 6.60. The normalized spacial score (nSPS) is 10.8. The molecule has 0 aliphatic carbocycles. The SMILES string of the molecule is CCOC(=O)c1c(CCl)n(-c2ccccc2)c2ccc(Oc3ncnc(OC)c3[N+](=O)[O-])cc12. The number of nitro groups is 1. The lowest BCUT2D eigenvalue weighted by Gasteiger charge is -2.10. The molecule has 2 aromatic carbocycles. The highest BCUT2D eigenvalue weighted by Gasteiger charge is 2.28. The van der Waals surface area contributed by atoms with Crippen molar-refractivity contribution in [3.63, 3.8) is 0 Å². The average molecular weight is 483 g/mol. The predicted molar refractivity (Wildman–Crippen MR) is 124 cm³/mol. The molecule has 0 spiro atoms. The molecule has 4 rings (SSSR count). The van der Waals surface area contributed by atoms with Crippen LogP contribution in [0.2, 0.25) is 0 Å². The van der Waals surface area contributed by atoms with Crippen LogP contribution in [0.5, 0.6) is 17.5 Å². The van der Waals surface area contributed by atoms with E-state index in [1.165, 1.54) is 7.11 Å². The van der Waals surface area contributed by atoms with E-state index >= 15 is 0 Å². The summed E-state index contributed by atoms with van der Waals surface area (Å²) in [5.74, 6) is -0.808. The number of carbonyl (C=O) groups is 1. The second-order valence-corrected chi connectivity index (χ2v) is 7.19. The monoisotopic (exact) mass is 482 g/mol. The zero-order valence-electron chi connectivity index (χ0n) is 18.2. The van der Waals surface area contributed by atoms with E-state index in [-0.39, 0.29) is 35.6 Å². The van der Waals surface area contributed by atoms with Crippen molar-refractivity contribution in [3.8, 4) is 23.2 Å². The largest absolute Gasteiger partial charge is 0.476 e. The Bertz CT molecular complexity index is 1370. The minimum absolute atomic E-state index is 0.0441. The first-order valence-electron chi connectivity index (χ1n) is 10.2. The summed E-state index contributed by atoms with van der Waals surface area (Å²) in [6.07, 6.45) is 1.10. The lowest BCUT2D eigenvalue weighted by molar-refractivity contribution is -0.387. The topological polar surface area (TPSA) is 119 Å². The van der Waals surface area contributed by atoms with E-state index in [4.69, 9.17) is 25.8 Å². The average Bonchev–Trinajstić information content (AvgIpc) is 3.18. The molecule has 0 aliphatic heterocycles. The lowest BCUT2D eigenvalue weighted by atomic mass is 10.1. The zero-order chi connectivity index (χ0) is 24.2. The van der Waals surface area contributed by atoms with Crippen molar-refractivity contribution in [3.05, 3.63) is 76.2 Å². The van der Waals surface area contributed by atoms with Crippen molar-refractivity contribution in [2.24, 2.45) is 0 Å². The molecule has 2 heterocycles. The molecule has 174 valence electrons. The summed E-state index contributed by atoms with van der Waals surface area (Å²) in [4.78, 5) is 31.4. The van der Waals surface area contributed by atoms with Gasteiger partial charge in [-0.25, -0.2) is 4.79 Å². The summed E-state index contributed by atoms with van der Waals surface area (Å²) in [5.41, 5.74) is 1.82. The number of benzene rings is 2. The van der Waals surface area contributed by atoms with Gasteiger partial charge in [-0.15, -0.1) is 11.6 Å². The second-order valence-electron chi connectivity index (χ2n) is 6.92. The molecule has 2 aromatic heterocycles. The van der Waals surface area contributed by atoms with Gasteiger partial charge in [-0.2, -0.15) is 9.97 Å². The van der Waals surface area contributed by atoms with Crippen molar-refractivity contribution in [2.45, 2.75) is 12.8 Å². The van der Waals surface area contributed by atoms with E-state index in [9.17, 15) is 14.9 Å². The van der Waals surface area contributed by atoms with Gasteiger partial charge in [-0.3, -0.25) is 10.1 Å². The second kappa shape index (κ2) is 9.75. The van der Waals surface area contributed by atoms with Crippen LogP contribution in [0.4, 0.5) is 5.69 Å². The molecular formula is C23H19ClN4O6.